The zero-order chi connectivity index (χ0) is 8.97. The third-order valence-corrected chi connectivity index (χ3v) is 2.17. The van der Waals surface area contributed by atoms with Crippen LogP contribution in [0, 0.1) is 0 Å². The van der Waals surface area contributed by atoms with Gasteiger partial charge in [-0.25, -0.2) is 0 Å². The number of likely N-dealkylation sites (N-methyl/N-ethyl adjacent to an activating group) is 1. The quantitative estimate of drug-likeness (QED) is 0.616. The summed E-state index contributed by atoms with van der Waals surface area (Å²) in [6, 6.07) is 0.361. The third kappa shape index (κ3) is 3.19. The molecule has 2 N–H and O–H groups in total. The monoisotopic (exact) mass is 172 g/mol. The van der Waals surface area contributed by atoms with E-state index in [2.05, 4.69) is 17.3 Å². The molecular formula is C8H16N2O2. The fourth-order valence-electron chi connectivity index (χ4n) is 1.48. The summed E-state index contributed by atoms with van der Waals surface area (Å²) in [5, 5.41) is 11.8. The summed E-state index contributed by atoms with van der Waals surface area (Å²) in [7, 11) is 2.06. The van der Waals surface area contributed by atoms with Crippen LogP contribution in [0.3, 0.4) is 0 Å². The molecule has 0 aromatic heterocycles. The third-order valence-electron chi connectivity index (χ3n) is 2.17. The van der Waals surface area contributed by atoms with E-state index in [0.717, 1.165) is 26.1 Å². The highest BCUT2D eigenvalue weighted by Crippen LogP contribution is 2.02. The van der Waals surface area contributed by atoms with Crippen LogP contribution in [-0.4, -0.2) is 48.7 Å². The van der Waals surface area contributed by atoms with E-state index >= 15 is 0 Å². The van der Waals surface area contributed by atoms with E-state index in [9.17, 15) is 4.79 Å². The van der Waals surface area contributed by atoms with Crippen molar-refractivity contribution in [3.8, 4) is 0 Å². The number of piperazine rings is 1. The molecule has 0 aliphatic carbocycles. The van der Waals surface area contributed by atoms with Gasteiger partial charge < -0.3 is 15.3 Å². The first-order valence-corrected chi connectivity index (χ1v) is 4.32. The van der Waals surface area contributed by atoms with Gasteiger partial charge in [-0.05, 0) is 13.5 Å². The van der Waals surface area contributed by atoms with E-state index in [4.69, 9.17) is 5.11 Å². The summed E-state index contributed by atoms with van der Waals surface area (Å²) in [5.74, 6) is -0.704. The van der Waals surface area contributed by atoms with Gasteiger partial charge in [0.25, 0.3) is 0 Å². The lowest BCUT2D eigenvalue weighted by atomic mass is 10.1. The molecule has 0 saturated carbocycles. The van der Waals surface area contributed by atoms with Gasteiger partial charge in [-0.2, -0.15) is 0 Å². The molecule has 12 heavy (non-hydrogen) atoms. The van der Waals surface area contributed by atoms with Crippen molar-refractivity contribution in [3.05, 3.63) is 0 Å². The van der Waals surface area contributed by atoms with Crippen LogP contribution < -0.4 is 5.32 Å². The minimum atomic E-state index is -0.704. The molecule has 0 bridgehead atoms. The van der Waals surface area contributed by atoms with E-state index in [-0.39, 0.29) is 6.42 Å². The number of rotatable bonds is 3. The lowest BCUT2D eigenvalue weighted by molar-refractivity contribution is -0.137. The van der Waals surface area contributed by atoms with E-state index in [1.54, 1.807) is 0 Å². The zero-order valence-corrected chi connectivity index (χ0v) is 7.42. The molecule has 0 aromatic carbocycles. The smallest absolute Gasteiger partial charge is 0.303 e. The first-order valence-electron chi connectivity index (χ1n) is 4.32. The molecular weight excluding hydrogens is 156 g/mol. The van der Waals surface area contributed by atoms with Gasteiger partial charge in [-0.15, -0.1) is 0 Å². The second-order valence-electron chi connectivity index (χ2n) is 3.35. The van der Waals surface area contributed by atoms with E-state index in [1.165, 1.54) is 0 Å². The maximum absolute atomic E-state index is 10.3. The van der Waals surface area contributed by atoms with Gasteiger partial charge in [0.2, 0.25) is 0 Å². The topological polar surface area (TPSA) is 52.6 Å². The molecule has 1 saturated heterocycles. The molecule has 1 fully saturated rings. The van der Waals surface area contributed by atoms with Gasteiger partial charge in [0.1, 0.15) is 0 Å². The molecule has 0 amide bonds. The normalized spacial score (nSPS) is 25.6. The summed E-state index contributed by atoms with van der Waals surface area (Å²) in [6.07, 6.45) is 1.01. The van der Waals surface area contributed by atoms with Gasteiger partial charge >= 0.3 is 5.97 Å². The van der Waals surface area contributed by atoms with E-state index in [1.807, 2.05) is 0 Å². The Morgan fingerprint density at radius 1 is 1.75 bits per heavy atom. The summed E-state index contributed by atoms with van der Waals surface area (Å²) in [6.45, 7) is 3.00. The second-order valence-corrected chi connectivity index (χ2v) is 3.35. The molecule has 1 heterocycles. The lowest BCUT2D eigenvalue weighted by Gasteiger charge is -2.30. The summed E-state index contributed by atoms with van der Waals surface area (Å²) >= 11 is 0. The Hall–Kier alpha value is -0.610. The first kappa shape index (κ1) is 9.48. The average molecular weight is 172 g/mol. The maximum Gasteiger partial charge on any atom is 0.303 e. The standard InChI is InChI=1S/C8H16N2O2/c1-10-5-4-9-7(6-10)2-3-8(11)12/h7,9H,2-6H2,1H3,(H,11,12). The van der Waals surface area contributed by atoms with E-state index in [0.29, 0.717) is 6.04 Å². The number of hydrogen-bond acceptors (Lipinski definition) is 3. The number of hydrogen-bond donors (Lipinski definition) is 2. The van der Waals surface area contributed by atoms with E-state index < -0.39 is 5.97 Å². The van der Waals surface area contributed by atoms with Crippen molar-refractivity contribution in [1.82, 2.24) is 10.2 Å². The van der Waals surface area contributed by atoms with Crippen molar-refractivity contribution < 1.29 is 9.90 Å². The Kier molecular flexibility index (Phi) is 3.49. The van der Waals surface area contributed by atoms with Crippen molar-refractivity contribution >= 4 is 5.97 Å². The van der Waals surface area contributed by atoms with Crippen LogP contribution in [0.2, 0.25) is 0 Å². The molecule has 1 rings (SSSR count). The minimum absolute atomic E-state index is 0.269. The van der Waals surface area contributed by atoms with Crippen molar-refractivity contribution in [2.45, 2.75) is 18.9 Å². The van der Waals surface area contributed by atoms with Gasteiger partial charge in [0.05, 0.1) is 0 Å². The Labute approximate surface area is 72.6 Å². The van der Waals surface area contributed by atoms with Crippen molar-refractivity contribution in [1.29, 1.82) is 0 Å². The zero-order valence-electron chi connectivity index (χ0n) is 7.42. The Balaban J connectivity index is 2.18. The molecule has 4 heteroatoms. The maximum atomic E-state index is 10.3. The van der Waals surface area contributed by atoms with Crippen LogP contribution in [0.4, 0.5) is 0 Å². The number of carbonyl (C=O) groups is 1. The molecule has 1 atom stereocenters. The summed E-state index contributed by atoms with van der Waals surface area (Å²) < 4.78 is 0. The number of carboxylic acids is 1. The molecule has 1 unspecified atom stereocenters. The summed E-state index contributed by atoms with van der Waals surface area (Å²) in [4.78, 5) is 12.5. The molecule has 4 nitrogen and oxygen atoms in total. The van der Waals surface area contributed by atoms with Crippen LogP contribution >= 0.6 is 0 Å². The van der Waals surface area contributed by atoms with Crippen LogP contribution in [0.1, 0.15) is 12.8 Å². The van der Waals surface area contributed by atoms with Gasteiger partial charge in [0.15, 0.2) is 0 Å². The summed E-state index contributed by atoms with van der Waals surface area (Å²) in [5.41, 5.74) is 0. The Bertz CT molecular complexity index is 161. The fourth-order valence-corrected chi connectivity index (χ4v) is 1.48. The highest BCUT2D eigenvalue weighted by Gasteiger charge is 2.16. The van der Waals surface area contributed by atoms with Crippen molar-refractivity contribution in [3.63, 3.8) is 0 Å². The highest BCUT2D eigenvalue weighted by atomic mass is 16.4. The molecule has 0 spiro atoms. The predicted molar refractivity (Wildman–Crippen MR) is 46.2 cm³/mol. The fraction of sp³-hybridized carbons (Fsp3) is 0.875. The van der Waals surface area contributed by atoms with Crippen molar-refractivity contribution in [2.75, 3.05) is 26.7 Å². The number of nitrogens with one attached hydrogen (secondary N) is 1. The van der Waals surface area contributed by atoms with Crippen LogP contribution in [0.5, 0.6) is 0 Å². The molecule has 0 radical (unpaired) electrons. The van der Waals surface area contributed by atoms with Crippen LogP contribution in [-0.2, 0) is 4.79 Å². The molecule has 0 aromatic rings. The van der Waals surface area contributed by atoms with Gasteiger partial charge in [-0.1, -0.05) is 0 Å². The van der Waals surface area contributed by atoms with Crippen LogP contribution in [0.25, 0.3) is 0 Å². The van der Waals surface area contributed by atoms with Crippen LogP contribution in [0.15, 0.2) is 0 Å². The molecule has 1 aliphatic rings. The largest absolute Gasteiger partial charge is 0.481 e. The Morgan fingerprint density at radius 3 is 3.08 bits per heavy atom. The average Bonchev–Trinajstić information content (AvgIpc) is 2.01. The van der Waals surface area contributed by atoms with Gasteiger partial charge in [-0.3, -0.25) is 4.79 Å². The highest BCUT2D eigenvalue weighted by molar-refractivity contribution is 5.66. The number of carboxylic acid groups (broad SMARTS) is 1. The second kappa shape index (κ2) is 4.42. The number of nitrogens with zero attached hydrogens (tertiary/aromatic N) is 1. The Morgan fingerprint density at radius 2 is 2.50 bits per heavy atom. The van der Waals surface area contributed by atoms with Crippen molar-refractivity contribution in [2.24, 2.45) is 0 Å². The predicted octanol–water partition coefficient (Wildman–Crippen LogP) is -0.245. The number of aliphatic carboxylic acids is 1. The lowest BCUT2D eigenvalue weighted by Crippen LogP contribution is -2.49. The van der Waals surface area contributed by atoms with Gasteiger partial charge in [0, 0.05) is 32.1 Å². The minimum Gasteiger partial charge on any atom is -0.481 e. The molecule has 70 valence electrons. The molecule has 1 aliphatic heterocycles. The SMILES string of the molecule is CN1CCNC(CCC(=O)O)C1. The first-order chi connectivity index (χ1) is 5.68.